The summed E-state index contributed by atoms with van der Waals surface area (Å²) in [5.41, 5.74) is 5.63. The number of piperidine rings is 1. The maximum atomic E-state index is 12.3. The Balaban J connectivity index is 2.20. The molecule has 0 bridgehead atoms. The van der Waals surface area contributed by atoms with Crippen LogP contribution >= 0.6 is 11.6 Å². The van der Waals surface area contributed by atoms with Crippen LogP contribution in [0.1, 0.15) is 45.6 Å². The zero-order chi connectivity index (χ0) is 17.0. The predicted molar refractivity (Wildman–Crippen MR) is 88.9 cm³/mol. The van der Waals surface area contributed by atoms with Gasteiger partial charge in [0.05, 0.1) is 6.04 Å². The van der Waals surface area contributed by atoms with E-state index in [0.717, 1.165) is 19.3 Å². The van der Waals surface area contributed by atoms with Crippen LogP contribution in [-0.4, -0.2) is 39.1 Å². The highest BCUT2D eigenvalue weighted by Crippen LogP contribution is 2.21. The summed E-state index contributed by atoms with van der Waals surface area (Å²) in [5, 5.41) is 0.213. The van der Waals surface area contributed by atoms with Gasteiger partial charge in [0.1, 0.15) is 28.5 Å². The van der Waals surface area contributed by atoms with Crippen LogP contribution in [0.5, 0.6) is 0 Å². The number of carbonyl (C=O) groups is 1. The van der Waals surface area contributed by atoms with Gasteiger partial charge in [0.2, 0.25) is 0 Å². The Labute approximate surface area is 141 Å². The lowest BCUT2D eigenvalue weighted by Crippen LogP contribution is -2.45. The summed E-state index contributed by atoms with van der Waals surface area (Å²) in [6.07, 6.45) is 3.68. The van der Waals surface area contributed by atoms with E-state index in [9.17, 15) is 4.79 Å². The van der Waals surface area contributed by atoms with Gasteiger partial charge < -0.3 is 10.5 Å². The van der Waals surface area contributed by atoms with Crippen molar-refractivity contribution in [2.75, 3.05) is 12.3 Å². The first kappa shape index (κ1) is 17.4. The molecule has 0 radical (unpaired) electrons. The number of hydrogen-bond donors (Lipinski definition) is 1. The molecule has 2 N–H and O–H groups in total. The Morgan fingerprint density at radius 2 is 2.17 bits per heavy atom. The fourth-order valence-corrected chi connectivity index (χ4v) is 2.46. The number of amides is 1. The van der Waals surface area contributed by atoms with Gasteiger partial charge >= 0.3 is 6.09 Å². The Morgan fingerprint density at radius 1 is 1.43 bits per heavy atom. The lowest BCUT2D eigenvalue weighted by atomic mass is 10.0. The minimum absolute atomic E-state index is 0.213. The van der Waals surface area contributed by atoms with Crippen LogP contribution in [0.15, 0.2) is 6.33 Å². The SMILES string of the molecule is CC(C)(C)OC(=O)N1CCCC[C@H]1C#Cc1c(N)ncnc1Cl. The van der Waals surface area contributed by atoms with E-state index in [1.807, 2.05) is 20.8 Å². The van der Waals surface area contributed by atoms with Gasteiger partial charge in [-0.1, -0.05) is 23.4 Å². The Morgan fingerprint density at radius 3 is 2.83 bits per heavy atom. The van der Waals surface area contributed by atoms with Gasteiger partial charge in [-0.3, -0.25) is 4.90 Å². The van der Waals surface area contributed by atoms with Crippen LogP contribution in [0.4, 0.5) is 10.6 Å². The minimum Gasteiger partial charge on any atom is -0.444 e. The molecule has 1 aliphatic heterocycles. The van der Waals surface area contributed by atoms with Gasteiger partial charge in [0, 0.05) is 6.54 Å². The number of likely N-dealkylation sites (tertiary alicyclic amines) is 1. The number of nitrogens with zero attached hydrogens (tertiary/aromatic N) is 3. The third kappa shape index (κ3) is 4.73. The number of ether oxygens (including phenoxy) is 1. The molecule has 2 heterocycles. The molecule has 1 amide bonds. The lowest BCUT2D eigenvalue weighted by molar-refractivity contribution is 0.0158. The molecular formula is C16H21ClN4O2. The van der Waals surface area contributed by atoms with Crippen molar-refractivity contribution in [3.8, 4) is 11.8 Å². The minimum atomic E-state index is -0.534. The first-order valence-electron chi connectivity index (χ1n) is 7.55. The molecule has 2 rings (SSSR count). The number of rotatable bonds is 0. The zero-order valence-corrected chi connectivity index (χ0v) is 14.4. The number of nitrogen functional groups attached to an aromatic ring is 1. The molecule has 1 fully saturated rings. The second-order valence-electron chi connectivity index (χ2n) is 6.38. The van der Waals surface area contributed by atoms with Crippen molar-refractivity contribution in [3.05, 3.63) is 17.0 Å². The Hall–Kier alpha value is -2.00. The summed E-state index contributed by atoms with van der Waals surface area (Å²) in [4.78, 5) is 21.7. The van der Waals surface area contributed by atoms with Crippen LogP contribution in [0.3, 0.4) is 0 Å². The van der Waals surface area contributed by atoms with Gasteiger partial charge in [-0.2, -0.15) is 0 Å². The third-order valence-electron chi connectivity index (χ3n) is 3.32. The second-order valence-corrected chi connectivity index (χ2v) is 6.74. The summed E-state index contributed by atoms with van der Waals surface area (Å²) in [6.45, 7) is 6.16. The number of anilines is 1. The predicted octanol–water partition coefficient (Wildman–Crippen LogP) is 2.85. The van der Waals surface area contributed by atoms with Crippen LogP contribution in [0.2, 0.25) is 5.15 Å². The quantitative estimate of drug-likeness (QED) is 0.582. The molecule has 1 atom stereocenters. The van der Waals surface area contributed by atoms with Crippen LogP contribution in [-0.2, 0) is 4.74 Å². The topological polar surface area (TPSA) is 81.3 Å². The van der Waals surface area contributed by atoms with Gasteiger partial charge in [0.25, 0.3) is 0 Å². The molecular weight excluding hydrogens is 316 g/mol. The van der Waals surface area contributed by atoms with Gasteiger partial charge in [-0.15, -0.1) is 0 Å². The number of carbonyl (C=O) groups excluding carboxylic acids is 1. The number of nitrogens with two attached hydrogens (primary N) is 1. The molecule has 0 spiro atoms. The van der Waals surface area contributed by atoms with E-state index in [1.54, 1.807) is 4.90 Å². The van der Waals surface area contributed by atoms with Crippen LogP contribution in [0.25, 0.3) is 0 Å². The van der Waals surface area contributed by atoms with E-state index < -0.39 is 5.60 Å². The molecule has 1 saturated heterocycles. The summed E-state index contributed by atoms with van der Waals surface area (Å²) < 4.78 is 5.45. The first-order chi connectivity index (χ1) is 10.8. The smallest absolute Gasteiger partial charge is 0.411 e. The number of aromatic nitrogens is 2. The molecule has 0 unspecified atom stereocenters. The van der Waals surface area contributed by atoms with Gasteiger partial charge in [0.15, 0.2) is 0 Å². The maximum absolute atomic E-state index is 12.3. The van der Waals surface area contributed by atoms with E-state index in [4.69, 9.17) is 22.1 Å². The molecule has 7 heteroatoms. The van der Waals surface area contributed by atoms with Crippen molar-refractivity contribution in [2.45, 2.75) is 51.7 Å². The maximum Gasteiger partial charge on any atom is 0.411 e. The fraction of sp³-hybridized carbons (Fsp3) is 0.562. The van der Waals surface area contributed by atoms with Crippen molar-refractivity contribution >= 4 is 23.5 Å². The van der Waals surface area contributed by atoms with Crippen LogP contribution in [0, 0.1) is 11.8 Å². The van der Waals surface area contributed by atoms with E-state index in [2.05, 4.69) is 21.8 Å². The Kier molecular flexibility index (Phi) is 5.32. The number of hydrogen-bond acceptors (Lipinski definition) is 5. The van der Waals surface area contributed by atoms with Crippen molar-refractivity contribution in [2.24, 2.45) is 0 Å². The molecule has 0 aliphatic carbocycles. The monoisotopic (exact) mass is 336 g/mol. The molecule has 124 valence electrons. The van der Waals surface area contributed by atoms with E-state index in [1.165, 1.54) is 6.33 Å². The van der Waals surface area contributed by atoms with Gasteiger partial charge in [-0.05, 0) is 40.0 Å². The zero-order valence-electron chi connectivity index (χ0n) is 13.6. The number of halogens is 1. The fourth-order valence-electron chi connectivity index (χ4n) is 2.27. The van der Waals surface area contributed by atoms with Crippen molar-refractivity contribution in [1.82, 2.24) is 14.9 Å². The summed E-state index contributed by atoms with van der Waals surface area (Å²) in [7, 11) is 0. The Bertz CT molecular complexity index is 625. The van der Waals surface area contributed by atoms with Crippen molar-refractivity contribution in [3.63, 3.8) is 0 Å². The highest BCUT2D eigenvalue weighted by atomic mass is 35.5. The molecule has 1 aromatic heterocycles. The normalized spacial score (nSPS) is 18.1. The van der Waals surface area contributed by atoms with Crippen molar-refractivity contribution < 1.29 is 9.53 Å². The average Bonchev–Trinajstić information content (AvgIpc) is 2.45. The first-order valence-corrected chi connectivity index (χ1v) is 7.93. The summed E-state index contributed by atoms with van der Waals surface area (Å²) in [5.74, 6) is 6.22. The standard InChI is InChI=1S/C16H21ClN4O2/c1-16(2,3)23-15(22)21-9-5-4-6-11(21)7-8-12-13(17)19-10-20-14(12)18/h10-11H,4-6,9H2,1-3H3,(H2,18,19,20)/t11-/m0/s1. The van der Waals surface area contributed by atoms with E-state index >= 15 is 0 Å². The molecule has 1 aliphatic rings. The lowest BCUT2D eigenvalue weighted by Gasteiger charge is -2.34. The van der Waals surface area contributed by atoms with Crippen molar-refractivity contribution in [1.29, 1.82) is 0 Å². The molecule has 0 saturated carbocycles. The molecule has 1 aromatic rings. The molecule has 6 nitrogen and oxygen atoms in total. The highest BCUT2D eigenvalue weighted by molar-refractivity contribution is 6.30. The third-order valence-corrected chi connectivity index (χ3v) is 3.61. The summed E-state index contributed by atoms with van der Waals surface area (Å²) >= 11 is 5.99. The van der Waals surface area contributed by atoms with E-state index in [-0.39, 0.29) is 23.1 Å². The highest BCUT2D eigenvalue weighted by Gasteiger charge is 2.29. The summed E-state index contributed by atoms with van der Waals surface area (Å²) in [6, 6.07) is -0.228. The average molecular weight is 337 g/mol. The van der Waals surface area contributed by atoms with Gasteiger partial charge in [-0.25, -0.2) is 14.8 Å². The van der Waals surface area contributed by atoms with E-state index in [0.29, 0.717) is 12.1 Å². The second kappa shape index (κ2) is 7.05. The van der Waals surface area contributed by atoms with Crippen LogP contribution < -0.4 is 5.73 Å². The molecule has 23 heavy (non-hydrogen) atoms. The largest absolute Gasteiger partial charge is 0.444 e. The molecule has 0 aromatic carbocycles.